The minimum atomic E-state index is -3.54. The Kier molecular flexibility index (Phi) is 4.80. The van der Waals surface area contributed by atoms with E-state index in [9.17, 15) is 8.42 Å². The van der Waals surface area contributed by atoms with Gasteiger partial charge in [0.05, 0.1) is 22.6 Å². The molecule has 1 aromatic carbocycles. The molecule has 0 spiro atoms. The summed E-state index contributed by atoms with van der Waals surface area (Å²) in [6.45, 7) is 2.04. The topological polar surface area (TPSA) is 50.3 Å². The van der Waals surface area contributed by atoms with Gasteiger partial charge in [-0.05, 0) is 24.1 Å². The van der Waals surface area contributed by atoms with Gasteiger partial charge in [0.15, 0.2) is 0 Å². The van der Waals surface area contributed by atoms with Crippen molar-refractivity contribution in [1.29, 1.82) is 0 Å². The number of rotatable bonds is 5. The van der Waals surface area contributed by atoms with Crippen LogP contribution in [0, 0.1) is 6.92 Å². The van der Waals surface area contributed by atoms with Crippen molar-refractivity contribution in [3.05, 3.63) is 45.9 Å². The van der Waals surface area contributed by atoms with Gasteiger partial charge in [-0.3, -0.25) is 0 Å². The molecule has 0 fully saturated rings. The second-order valence-corrected chi connectivity index (χ2v) is 7.47. The maximum absolute atomic E-state index is 12.6. The summed E-state index contributed by atoms with van der Waals surface area (Å²) in [5.41, 5.74) is 3.93. The third-order valence-corrected chi connectivity index (χ3v) is 5.85. The van der Waals surface area contributed by atoms with E-state index in [2.05, 4.69) is 4.98 Å². The maximum Gasteiger partial charge on any atom is 0.243 e. The van der Waals surface area contributed by atoms with Gasteiger partial charge < -0.3 is 0 Å². The van der Waals surface area contributed by atoms with E-state index in [0.717, 1.165) is 11.3 Å². The molecule has 1 heterocycles. The van der Waals surface area contributed by atoms with E-state index >= 15 is 0 Å². The second kappa shape index (κ2) is 6.22. The number of alkyl halides is 1. The molecule has 4 nitrogen and oxygen atoms in total. The van der Waals surface area contributed by atoms with Gasteiger partial charge in [-0.15, -0.1) is 22.9 Å². The summed E-state index contributed by atoms with van der Waals surface area (Å²) in [5, 5.41) is 1.84. The minimum Gasteiger partial charge on any atom is -0.248 e. The third-order valence-electron chi connectivity index (χ3n) is 2.96. The predicted octanol–water partition coefficient (Wildman–Crippen LogP) is 3.01. The van der Waals surface area contributed by atoms with Crippen molar-refractivity contribution in [3.8, 4) is 0 Å². The van der Waals surface area contributed by atoms with Crippen molar-refractivity contribution < 1.29 is 8.42 Å². The van der Waals surface area contributed by atoms with Gasteiger partial charge in [0.1, 0.15) is 0 Å². The summed E-state index contributed by atoms with van der Waals surface area (Å²) >= 11 is 7.23. The Labute approximate surface area is 128 Å². The van der Waals surface area contributed by atoms with Crippen molar-refractivity contribution in [3.63, 3.8) is 0 Å². The Hall–Kier alpha value is -0.950. The van der Waals surface area contributed by atoms with Crippen molar-refractivity contribution in [2.24, 2.45) is 0 Å². The lowest BCUT2D eigenvalue weighted by Gasteiger charge is -2.18. The predicted molar refractivity (Wildman–Crippen MR) is 81.5 cm³/mol. The molecule has 0 saturated carbocycles. The van der Waals surface area contributed by atoms with Crippen molar-refractivity contribution >= 4 is 33.0 Å². The van der Waals surface area contributed by atoms with Crippen molar-refractivity contribution in [1.82, 2.24) is 9.29 Å². The molecule has 0 N–H and O–H groups in total. The number of nitrogens with zero attached hydrogens (tertiary/aromatic N) is 2. The quantitative estimate of drug-likeness (QED) is 0.792. The highest BCUT2D eigenvalue weighted by atomic mass is 35.5. The van der Waals surface area contributed by atoms with Crippen LogP contribution in [0.2, 0.25) is 0 Å². The Bertz CT molecular complexity index is 684. The summed E-state index contributed by atoms with van der Waals surface area (Å²) in [4.78, 5) is 4.41. The largest absolute Gasteiger partial charge is 0.248 e. The minimum absolute atomic E-state index is 0.260. The lowest BCUT2D eigenvalue weighted by molar-refractivity contribution is 0.462. The standard InChI is InChI=1S/C13H15ClN2O2S2/c1-10-3-4-11(6-14)5-13(10)20(17,18)16(2)7-12-8-19-9-15-12/h3-5,8-9H,6-7H2,1-2H3. The van der Waals surface area contributed by atoms with Crippen molar-refractivity contribution in [2.45, 2.75) is 24.2 Å². The van der Waals surface area contributed by atoms with E-state index in [1.54, 1.807) is 31.6 Å². The average Bonchev–Trinajstić information content (AvgIpc) is 2.92. The number of hydrogen-bond acceptors (Lipinski definition) is 4. The third kappa shape index (κ3) is 3.20. The first-order chi connectivity index (χ1) is 9.45. The molecule has 0 unspecified atom stereocenters. The molecule has 0 saturated heterocycles. The van der Waals surface area contributed by atoms with Gasteiger partial charge in [0, 0.05) is 18.3 Å². The van der Waals surface area contributed by atoms with Crippen LogP contribution in [0.5, 0.6) is 0 Å². The van der Waals surface area contributed by atoms with E-state index < -0.39 is 10.0 Å². The number of benzene rings is 1. The Morgan fingerprint density at radius 3 is 2.75 bits per heavy atom. The molecule has 0 aliphatic heterocycles. The zero-order valence-corrected chi connectivity index (χ0v) is 13.6. The smallest absolute Gasteiger partial charge is 0.243 e. The zero-order chi connectivity index (χ0) is 14.8. The van der Waals surface area contributed by atoms with Gasteiger partial charge in [-0.1, -0.05) is 12.1 Å². The molecule has 108 valence electrons. The van der Waals surface area contributed by atoms with E-state index in [1.807, 2.05) is 11.4 Å². The highest BCUT2D eigenvalue weighted by Gasteiger charge is 2.23. The SMILES string of the molecule is Cc1ccc(CCl)cc1S(=O)(=O)N(C)Cc1cscn1. The Balaban J connectivity index is 2.34. The fourth-order valence-electron chi connectivity index (χ4n) is 1.80. The molecule has 1 aromatic heterocycles. The van der Waals surface area contributed by atoms with E-state index in [1.165, 1.54) is 15.6 Å². The Morgan fingerprint density at radius 2 is 2.15 bits per heavy atom. The zero-order valence-electron chi connectivity index (χ0n) is 11.2. The average molecular weight is 331 g/mol. The van der Waals surface area contributed by atoms with Crippen LogP contribution in [-0.4, -0.2) is 24.8 Å². The molecule has 2 aromatic rings. The maximum atomic E-state index is 12.6. The molecule has 20 heavy (non-hydrogen) atoms. The number of hydrogen-bond donors (Lipinski definition) is 0. The van der Waals surface area contributed by atoms with Gasteiger partial charge >= 0.3 is 0 Å². The van der Waals surface area contributed by atoms with Gasteiger partial charge in [0.2, 0.25) is 10.0 Å². The van der Waals surface area contributed by atoms with Crippen LogP contribution in [-0.2, 0) is 22.4 Å². The second-order valence-electron chi connectivity index (χ2n) is 4.47. The van der Waals surface area contributed by atoms with Crippen LogP contribution in [0.3, 0.4) is 0 Å². The first kappa shape index (κ1) is 15.4. The molecule has 0 radical (unpaired) electrons. The van der Waals surface area contributed by atoms with E-state index in [4.69, 9.17) is 11.6 Å². The van der Waals surface area contributed by atoms with Gasteiger partial charge in [0.25, 0.3) is 0 Å². The fraction of sp³-hybridized carbons (Fsp3) is 0.308. The van der Waals surface area contributed by atoms with Crippen LogP contribution in [0.4, 0.5) is 0 Å². The lowest BCUT2D eigenvalue weighted by Crippen LogP contribution is -2.27. The van der Waals surface area contributed by atoms with E-state index in [-0.39, 0.29) is 6.54 Å². The molecular formula is C13H15ClN2O2S2. The molecule has 0 amide bonds. The van der Waals surface area contributed by atoms with Crippen LogP contribution >= 0.6 is 22.9 Å². The van der Waals surface area contributed by atoms with Crippen LogP contribution in [0.15, 0.2) is 34.0 Å². The van der Waals surface area contributed by atoms with Crippen LogP contribution in [0.1, 0.15) is 16.8 Å². The molecule has 0 aliphatic rings. The summed E-state index contributed by atoms with van der Waals surface area (Å²) in [7, 11) is -1.98. The number of halogens is 1. The number of aromatic nitrogens is 1. The monoisotopic (exact) mass is 330 g/mol. The molecule has 0 aliphatic carbocycles. The first-order valence-corrected chi connectivity index (χ1v) is 8.86. The fourth-order valence-corrected chi connectivity index (χ4v) is 3.93. The summed E-state index contributed by atoms with van der Waals surface area (Å²) in [5.74, 6) is 0.290. The van der Waals surface area contributed by atoms with Crippen LogP contribution < -0.4 is 0 Å². The number of thiazole rings is 1. The highest BCUT2D eigenvalue weighted by molar-refractivity contribution is 7.89. The highest BCUT2D eigenvalue weighted by Crippen LogP contribution is 2.22. The summed E-state index contributed by atoms with van der Waals surface area (Å²) in [6.07, 6.45) is 0. The lowest BCUT2D eigenvalue weighted by atomic mass is 10.2. The van der Waals surface area contributed by atoms with Gasteiger partial charge in [-0.2, -0.15) is 4.31 Å². The van der Waals surface area contributed by atoms with Gasteiger partial charge in [-0.25, -0.2) is 13.4 Å². The number of sulfonamides is 1. The molecule has 0 bridgehead atoms. The van der Waals surface area contributed by atoms with Crippen molar-refractivity contribution in [2.75, 3.05) is 7.05 Å². The molecule has 0 atom stereocenters. The summed E-state index contributed by atoms with van der Waals surface area (Å²) in [6, 6.07) is 5.25. The Morgan fingerprint density at radius 1 is 1.40 bits per heavy atom. The molecule has 2 rings (SSSR count). The molecule has 7 heteroatoms. The first-order valence-electron chi connectivity index (χ1n) is 5.94. The molecular weight excluding hydrogens is 316 g/mol. The summed E-state index contributed by atoms with van der Waals surface area (Å²) < 4.78 is 26.5. The van der Waals surface area contributed by atoms with Crippen LogP contribution in [0.25, 0.3) is 0 Å². The normalized spacial score (nSPS) is 12.0. The number of aryl methyl sites for hydroxylation is 1. The van der Waals surface area contributed by atoms with E-state index in [0.29, 0.717) is 16.3 Å².